The van der Waals surface area contributed by atoms with E-state index in [9.17, 15) is 4.79 Å². The third-order valence-corrected chi connectivity index (χ3v) is 3.31. The summed E-state index contributed by atoms with van der Waals surface area (Å²) in [5.41, 5.74) is 1.10. The van der Waals surface area contributed by atoms with Gasteiger partial charge in [0.1, 0.15) is 10.8 Å². The van der Waals surface area contributed by atoms with E-state index >= 15 is 0 Å². The molecule has 0 saturated carbocycles. The van der Waals surface area contributed by atoms with Gasteiger partial charge in [0.15, 0.2) is 0 Å². The number of aromatic nitrogens is 2. The minimum Gasteiger partial charge on any atom is -0.340 e. The lowest BCUT2D eigenvalue weighted by Gasteiger charge is -2.17. The van der Waals surface area contributed by atoms with Crippen molar-refractivity contribution in [2.75, 3.05) is 13.6 Å². The Morgan fingerprint density at radius 2 is 2.05 bits per heavy atom. The summed E-state index contributed by atoms with van der Waals surface area (Å²) < 4.78 is 0. The van der Waals surface area contributed by atoms with E-state index in [2.05, 4.69) is 9.97 Å². The zero-order valence-electron chi connectivity index (χ0n) is 10.9. The fourth-order valence-corrected chi connectivity index (χ4v) is 2.01. The van der Waals surface area contributed by atoms with Gasteiger partial charge < -0.3 is 4.90 Å². The Kier molecular flexibility index (Phi) is 4.93. The van der Waals surface area contributed by atoms with Crippen LogP contribution in [0.5, 0.6) is 0 Å². The SMILES string of the molecule is CN(CCc1ccccn1)C(=O)c1nc(Cl)ccc1Cl. The van der Waals surface area contributed by atoms with Crippen LogP contribution in [0.15, 0.2) is 36.5 Å². The van der Waals surface area contributed by atoms with Gasteiger partial charge in [0.25, 0.3) is 5.91 Å². The molecule has 0 atom stereocenters. The normalized spacial score (nSPS) is 10.3. The van der Waals surface area contributed by atoms with E-state index in [4.69, 9.17) is 23.2 Å². The Morgan fingerprint density at radius 1 is 1.25 bits per heavy atom. The quantitative estimate of drug-likeness (QED) is 0.815. The third kappa shape index (κ3) is 3.68. The highest BCUT2D eigenvalue weighted by molar-refractivity contribution is 6.34. The Balaban J connectivity index is 2.03. The van der Waals surface area contributed by atoms with Crippen molar-refractivity contribution in [1.82, 2.24) is 14.9 Å². The van der Waals surface area contributed by atoms with Crippen molar-refractivity contribution in [3.05, 3.63) is 58.1 Å². The molecule has 2 aromatic heterocycles. The standard InChI is InChI=1S/C14H13Cl2N3O/c1-19(9-7-10-4-2-3-8-17-10)14(20)13-11(15)5-6-12(16)18-13/h2-6,8H,7,9H2,1H3. The number of halogens is 2. The van der Waals surface area contributed by atoms with Crippen molar-refractivity contribution >= 4 is 29.1 Å². The number of amides is 1. The maximum atomic E-state index is 12.2. The predicted octanol–water partition coefficient (Wildman–Crippen LogP) is 3.10. The molecule has 0 aromatic carbocycles. The molecule has 0 aliphatic rings. The van der Waals surface area contributed by atoms with Crippen LogP contribution < -0.4 is 0 Å². The molecule has 2 heterocycles. The van der Waals surface area contributed by atoms with Crippen LogP contribution in [0.4, 0.5) is 0 Å². The van der Waals surface area contributed by atoms with Crippen molar-refractivity contribution in [3.63, 3.8) is 0 Å². The molecule has 6 heteroatoms. The summed E-state index contributed by atoms with van der Waals surface area (Å²) >= 11 is 11.8. The maximum Gasteiger partial charge on any atom is 0.273 e. The van der Waals surface area contributed by atoms with E-state index in [-0.39, 0.29) is 16.8 Å². The van der Waals surface area contributed by atoms with E-state index in [1.54, 1.807) is 30.3 Å². The van der Waals surface area contributed by atoms with Crippen LogP contribution in [0, 0.1) is 0 Å². The van der Waals surface area contributed by atoms with Gasteiger partial charge in [-0.05, 0) is 24.3 Å². The Bertz CT molecular complexity index is 605. The molecular formula is C14H13Cl2N3O. The van der Waals surface area contributed by atoms with Crippen molar-refractivity contribution in [3.8, 4) is 0 Å². The lowest BCUT2D eigenvalue weighted by Crippen LogP contribution is -2.30. The fraction of sp³-hybridized carbons (Fsp3) is 0.214. The van der Waals surface area contributed by atoms with Gasteiger partial charge in [-0.2, -0.15) is 0 Å². The van der Waals surface area contributed by atoms with Gasteiger partial charge in [-0.1, -0.05) is 29.3 Å². The molecule has 0 saturated heterocycles. The molecule has 0 aliphatic carbocycles. The van der Waals surface area contributed by atoms with Crippen molar-refractivity contribution in [2.24, 2.45) is 0 Å². The summed E-state index contributed by atoms with van der Waals surface area (Å²) in [6, 6.07) is 8.81. The number of carbonyl (C=O) groups excluding carboxylic acids is 1. The topological polar surface area (TPSA) is 46.1 Å². The molecule has 2 rings (SSSR count). The van der Waals surface area contributed by atoms with Gasteiger partial charge in [0.2, 0.25) is 0 Å². The second-order valence-corrected chi connectivity index (χ2v) is 5.06. The van der Waals surface area contributed by atoms with E-state index in [0.717, 1.165) is 5.69 Å². The first-order valence-electron chi connectivity index (χ1n) is 6.05. The van der Waals surface area contributed by atoms with Crippen LogP contribution in [0.2, 0.25) is 10.2 Å². The van der Waals surface area contributed by atoms with Crippen LogP contribution in [0.1, 0.15) is 16.2 Å². The summed E-state index contributed by atoms with van der Waals surface area (Å²) in [5, 5.41) is 0.542. The molecule has 1 amide bonds. The van der Waals surface area contributed by atoms with Crippen molar-refractivity contribution in [2.45, 2.75) is 6.42 Å². The number of nitrogens with zero attached hydrogens (tertiary/aromatic N) is 3. The molecule has 20 heavy (non-hydrogen) atoms. The van der Waals surface area contributed by atoms with E-state index in [1.165, 1.54) is 0 Å². The Labute approximate surface area is 127 Å². The highest BCUT2D eigenvalue weighted by atomic mass is 35.5. The maximum absolute atomic E-state index is 12.2. The number of hydrogen-bond donors (Lipinski definition) is 0. The van der Waals surface area contributed by atoms with Crippen LogP contribution in [-0.4, -0.2) is 34.4 Å². The summed E-state index contributed by atoms with van der Waals surface area (Å²) in [7, 11) is 1.70. The molecule has 0 radical (unpaired) electrons. The molecular weight excluding hydrogens is 297 g/mol. The van der Waals surface area contributed by atoms with Crippen molar-refractivity contribution in [1.29, 1.82) is 0 Å². The molecule has 0 bridgehead atoms. The summed E-state index contributed by atoms with van der Waals surface area (Å²) in [4.78, 5) is 22.0. The predicted molar refractivity (Wildman–Crippen MR) is 79.2 cm³/mol. The Hall–Kier alpha value is -1.65. The second kappa shape index (κ2) is 6.68. The molecule has 2 aromatic rings. The lowest BCUT2D eigenvalue weighted by atomic mass is 10.2. The van der Waals surface area contributed by atoms with E-state index in [1.807, 2.05) is 18.2 Å². The summed E-state index contributed by atoms with van der Waals surface area (Å²) in [6.07, 6.45) is 2.40. The number of pyridine rings is 2. The molecule has 0 spiro atoms. The van der Waals surface area contributed by atoms with Crippen molar-refractivity contribution < 1.29 is 4.79 Å². The average molecular weight is 310 g/mol. The second-order valence-electron chi connectivity index (χ2n) is 4.26. The lowest BCUT2D eigenvalue weighted by molar-refractivity contribution is 0.0791. The van der Waals surface area contributed by atoms with Crippen LogP contribution in [-0.2, 0) is 6.42 Å². The van der Waals surface area contributed by atoms with E-state index in [0.29, 0.717) is 18.0 Å². The fourth-order valence-electron chi connectivity index (χ4n) is 1.68. The van der Waals surface area contributed by atoms with Crippen LogP contribution >= 0.6 is 23.2 Å². The number of hydrogen-bond acceptors (Lipinski definition) is 3. The molecule has 4 nitrogen and oxygen atoms in total. The smallest absolute Gasteiger partial charge is 0.273 e. The Morgan fingerprint density at radius 3 is 2.75 bits per heavy atom. The van der Waals surface area contributed by atoms with Crippen LogP contribution in [0.3, 0.4) is 0 Å². The van der Waals surface area contributed by atoms with E-state index < -0.39 is 0 Å². The van der Waals surface area contributed by atoms with Gasteiger partial charge in [0.05, 0.1) is 5.02 Å². The minimum absolute atomic E-state index is 0.169. The summed E-state index contributed by atoms with van der Waals surface area (Å²) in [5.74, 6) is -0.256. The molecule has 104 valence electrons. The first-order chi connectivity index (χ1) is 9.58. The van der Waals surface area contributed by atoms with Gasteiger partial charge in [-0.15, -0.1) is 0 Å². The number of carbonyl (C=O) groups is 1. The monoisotopic (exact) mass is 309 g/mol. The largest absolute Gasteiger partial charge is 0.340 e. The third-order valence-electron chi connectivity index (χ3n) is 2.79. The zero-order chi connectivity index (χ0) is 14.5. The van der Waals surface area contributed by atoms with Gasteiger partial charge >= 0.3 is 0 Å². The highest BCUT2D eigenvalue weighted by Crippen LogP contribution is 2.18. The molecule has 0 unspecified atom stereocenters. The van der Waals surface area contributed by atoms with Gasteiger partial charge in [0, 0.05) is 31.9 Å². The molecule has 0 fully saturated rings. The first kappa shape index (κ1) is 14.8. The number of rotatable bonds is 4. The molecule has 0 N–H and O–H groups in total. The van der Waals surface area contributed by atoms with Crippen LogP contribution in [0.25, 0.3) is 0 Å². The van der Waals surface area contributed by atoms with Gasteiger partial charge in [-0.25, -0.2) is 4.98 Å². The minimum atomic E-state index is -0.256. The van der Waals surface area contributed by atoms with Gasteiger partial charge in [-0.3, -0.25) is 9.78 Å². The average Bonchev–Trinajstić information content (AvgIpc) is 2.47. The zero-order valence-corrected chi connectivity index (χ0v) is 12.4. The first-order valence-corrected chi connectivity index (χ1v) is 6.81. The highest BCUT2D eigenvalue weighted by Gasteiger charge is 2.17. The molecule has 0 aliphatic heterocycles. The number of likely N-dealkylation sites (N-methyl/N-ethyl adjacent to an activating group) is 1. The summed E-state index contributed by atoms with van der Waals surface area (Å²) in [6.45, 7) is 0.528.